The van der Waals surface area contributed by atoms with Gasteiger partial charge in [0, 0.05) is 11.9 Å². The second kappa shape index (κ2) is 7.18. The maximum Gasteiger partial charge on any atom is 0.254 e. The summed E-state index contributed by atoms with van der Waals surface area (Å²) >= 11 is 0. The van der Waals surface area contributed by atoms with E-state index in [-0.39, 0.29) is 6.04 Å². The van der Waals surface area contributed by atoms with Gasteiger partial charge in [-0.3, -0.25) is 9.48 Å². The van der Waals surface area contributed by atoms with Crippen LogP contribution < -0.4 is 11.1 Å². The van der Waals surface area contributed by atoms with Crippen molar-refractivity contribution in [1.29, 1.82) is 5.26 Å². The maximum atomic E-state index is 11.8. The van der Waals surface area contributed by atoms with E-state index in [1.165, 1.54) is 12.8 Å². The average Bonchev–Trinajstić information content (AvgIpc) is 3.23. The first-order chi connectivity index (χ1) is 11.7. The number of hydrogen-bond donors (Lipinski definition) is 2. The van der Waals surface area contributed by atoms with E-state index in [1.54, 1.807) is 10.9 Å². The molecule has 0 bridgehead atoms. The highest BCUT2D eigenvalue weighted by Gasteiger charge is 2.28. The van der Waals surface area contributed by atoms with Crippen LogP contribution in [0.4, 0.5) is 11.5 Å². The van der Waals surface area contributed by atoms with Crippen molar-refractivity contribution in [3.63, 3.8) is 0 Å². The number of rotatable bonds is 6. The SMILES string of the molecule is N#CC[C@@H](C1CCCC1)n1cc(C(N)=O)c(Nc2ccccc2)n1. The third kappa shape index (κ3) is 3.40. The zero-order valence-electron chi connectivity index (χ0n) is 13.5. The lowest BCUT2D eigenvalue weighted by Crippen LogP contribution is -2.18. The highest BCUT2D eigenvalue weighted by molar-refractivity contribution is 5.98. The molecule has 1 aromatic heterocycles. The molecule has 3 rings (SSSR count). The van der Waals surface area contributed by atoms with E-state index in [9.17, 15) is 10.1 Å². The molecule has 2 aromatic rings. The molecule has 1 heterocycles. The monoisotopic (exact) mass is 323 g/mol. The Balaban J connectivity index is 1.92. The van der Waals surface area contributed by atoms with Gasteiger partial charge in [-0.05, 0) is 30.9 Å². The maximum absolute atomic E-state index is 11.8. The van der Waals surface area contributed by atoms with Crippen molar-refractivity contribution >= 4 is 17.4 Å². The Morgan fingerprint density at radius 3 is 2.71 bits per heavy atom. The predicted molar refractivity (Wildman–Crippen MR) is 91.7 cm³/mol. The number of nitrogens with one attached hydrogen (secondary N) is 1. The quantitative estimate of drug-likeness (QED) is 0.851. The molecule has 24 heavy (non-hydrogen) atoms. The molecular weight excluding hydrogens is 302 g/mol. The minimum atomic E-state index is -0.526. The first kappa shape index (κ1) is 16.1. The smallest absolute Gasteiger partial charge is 0.254 e. The van der Waals surface area contributed by atoms with E-state index in [0.717, 1.165) is 18.5 Å². The molecule has 1 aliphatic rings. The van der Waals surface area contributed by atoms with Gasteiger partial charge in [0.15, 0.2) is 5.82 Å². The second-order valence-corrected chi connectivity index (χ2v) is 6.20. The number of carbonyl (C=O) groups is 1. The van der Waals surface area contributed by atoms with Gasteiger partial charge in [-0.2, -0.15) is 10.4 Å². The molecular formula is C18H21N5O. The van der Waals surface area contributed by atoms with Gasteiger partial charge < -0.3 is 11.1 Å². The molecule has 1 atom stereocenters. The summed E-state index contributed by atoms with van der Waals surface area (Å²) in [6, 6.07) is 11.8. The molecule has 1 aromatic carbocycles. The first-order valence-electron chi connectivity index (χ1n) is 8.27. The fourth-order valence-corrected chi connectivity index (χ4v) is 3.40. The number of primary amides is 1. The summed E-state index contributed by atoms with van der Waals surface area (Å²) in [6.07, 6.45) is 6.62. The zero-order valence-corrected chi connectivity index (χ0v) is 13.5. The van der Waals surface area contributed by atoms with Crippen molar-refractivity contribution in [1.82, 2.24) is 9.78 Å². The van der Waals surface area contributed by atoms with Crippen LogP contribution in [0.25, 0.3) is 0 Å². The Bertz CT molecular complexity index is 741. The lowest BCUT2D eigenvalue weighted by atomic mass is 9.96. The largest absolute Gasteiger partial charge is 0.365 e. The van der Waals surface area contributed by atoms with Gasteiger partial charge in [-0.25, -0.2) is 0 Å². The minimum absolute atomic E-state index is 0.0121. The van der Waals surface area contributed by atoms with Crippen molar-refractivity contribution < 1.29 is 4.79 Å². The molecule has 1 amide bonds. The molecule has 1 saturated carbocycles. The van der Waals surface area contributed by atoms with Gasteiger partial charge in [0.05, 0.1) is 18.5 Å². The average molecular weight is 323 g/mol. The summed E-state index contributed by atoms with van der Waals surface area (Å²) in [7, 11) is 0. The predicted octanol–water partition coefficient (Wildman–Crippen LogP) is 3.37. The van der Waals surface area contributed by atoms with Crippen LogP contribution in [-0.4, -0.2) is 15.7 Å². The Hall–Kier alpha value is -2.81. The summed E-state index contributed by atoms with van der Waals surface area (Å²) in [5, 5.41) is 16.9. The van der Waals surface area contributed by atoms with Crippen molar-refractivity contribution in [3.05, 3.63) is 42.1 Å². The molecule has 1 aliphatic carbocycles. The van der Waals surface area contributed by atoms with Crippen LogP contribution in [0, 0.1) is 17.2 Å². The summed E-state index contributed by atoms with van der Waals surface area (Å²) in [5.41, 5.74) is 6.69. The Labute approximate surface area is 141 Å². The lowest BCUT2D eigenvalue weighted by Gasteiger charge is -2.21. The summed E-state index contributed by atoms with van der Waals surface area (Å²) in [6.45, 7) is 0. The van der Waals surface area contributed by atoms with E-state index >= 15 is 0 Å². The Morgan fingerprint density at radius 2 is 2.08 bits per heavy atom. The third-order valence-electron chi connectivity index (χ3n) is 4.62. The number of amides is 1. The van der Waals surface area contributed by atoms with Crippen molar-refractivity contribution in [3.8, 4) is 6.07 Å². The lowest BCUT2D eigenvalue weighted by molar-refractivity contribution is 0.100. The van der Waals surface area contributed by atoms with Crippen LogP contribution in [0.5, 0.6) is 0 Å². The van der Waals surface area contributed by atoms with Crippen LogP contribution in [0.15, 0.2) is 36.5 Å². The van der Waals surface area contributed by atoms with E-state index < -0.39 is 5.91 Å². The number of nitrogens with zero attached hydrogens (tertiary/aromatic N) is 3. The van der Waals surface area contributed by atoms with Crippen molar-refractivity contribution in [2.45, 2.75) is 38.1 Å². The van der Waals surface area contributed by atoms with Gasteiger partial charge in [0.1, 0.15) is 5.56 Å². The number of para-hydroxylation sites is 1. The van der Waals surface area contributed by atoms with E-state index in [1.807, 2.05) is 30.3 Å². The van der Waals surface area contributed by atoms with Crippen LogP contribution in [0.2, 0.25) is 0 Å². The summed E-state index contributed by atoms with van der Waals surface area (Å²) in [4.78, 5) is 11.8. The standard InChI is InChI=1S/C18H21N5O/c19-11-10-16(13-6-4-5-7-13)23-12-15(17(20)24)18(22-23)21-14-8-2-1-3-9-14/h1-3,8-9,12-13,16H,4-7,10H2,(H2,20,24)(H,21,22)/t16-/m0/s1. The molecule has 0 aliphatic heterocycles. The summed E-state index contributed by atoms with van der Waals surface area (Å²) in [5.74, 6) is 0.339. The van der Waals surface area contributed by atoms with E-state index in [0.29, 0.717) is 23.7 Å². The molecule has 0 spiro atoms. The van der Waals surface area contributed by atoms with Gasteiger partial charge in [0.25, 0.3) is 5.91 Å². The third-order valence-corrected chi connectivity index (χ3v) is 4.62. The summed E-state index contributed by atoms with van der Waals surface area (Å²) < 4.78 is 1.75. The van der Waals surface area contributed by atoms with Gasteiger partial charge in [0.2, 0.25) is 0 Å². The van der Waals surface area contributed by atoms with Crippen LogP contribution >= 0.6 is 0 Å². The van der Waals surface area contributed by atoms with Crippen LogP contribution in [0.3, 0.4) is 0 Å². The minimum Gasteiger partial charge on any atom is -0.365 e. The number of anilines is 2. The molecule has 1 fully saturated rings. The number of hydrogen-bond acceptors (Lipinski definition) is 4. The molecule has 3 N–H and O–H groups in total. The Morgan fingerprint density at radius 1 is 1.38 bits per heavy atom. The normalized spacial score (nSPS) is 15.8. The molecule has 6 heteroatoms. The highest BCUT2D eigenvalue weighted by Crippen LogP contribution is 2.36. The highest BCUT2D eigenvalue weighted by atomic mass is 16.1. The molecule has 124 valence electrons. The van der Waals surface area contributed by atoms with Gasteiger partial charge >= 0.3 is 0 Å². The number of benzene rings is 1. The van der Waals surface area contributed by atoms with E-state index in [4.69, 9.17) is 5.73 Å². The van der Waals surface area contributed by atoms with Crippen molar-refractivity contribution in [2.75, 3.05) is 5.32 Å². The molecule has 0 radical (unpaired) electrons. The van der Waals surface area contributed by atoms with Gasteiger partial charge in [-0.1, -0.05) is 31.0 Å². The number of carbonyl (C=O) groups excluding carboxylic acids is 1. The molecule has 6 nitrogen and oxygen atoms in total. The second-order valence-electron chi connectivity index (χ2n) is 6.20. The fourth-order valence-electron chi connectivity index (χ4n) is 3.40. The van der Waals surface area contributed by atoms with Crippen LogP contribution in [0.1, 0.15) is 48.5 Å². The van der Waals surface area contributed by atoms with Gasteiger partial charge in [-0.15, -0.1) is 0 Å². The first-order valence-corrected chi connectivity index (χ1v) is 8.27. The number of aromatic nitrogens is 2. The zero-order chi connectivity index (χ0) is 16.9. The van der Waals surface area contributed by atoms with Crippen molar-refractivity contribution in [2.24, 2.45) is 11.7 Å². The number of nitrogens with two attached hydrogens (primary N) is 1. The van der Waals surface area contributed by atoms with Crippen LogP contribution in [-0.2, 0) is 0 Å². The molecule has 0 saturated heterocycles. The fraction of sp³-hybridized carbons (Fsp3) is 0.389. The van der Waals surface area contributed by atoms with E-state index in [2.05, 4.69) is 16.5 Å². The topological polar surface area (TPSA) is 96.7 Å². The number of nitriles is 1. The Kier molecular flexibility index (Phi) is 4.80. The molecule has 0 unspecified atom stereocenters.